The number of nitrogens with one attached hydrogen (secondary N) is 2. The fourth-order valence-electron chi connectivity index (χ4n) is 1.72. The summed E-state index contributed by atoms with van der Waals surface area (Å²) < 4.78 is 38.9. The first-order valence-electron chi connectivity index (χ1n) is 6.60. The van der Waals surface area contributed by atoms with Gasteiger partial charge in [-0.05, 0) is 26.0 Å². The monoisotopic (exact) mass is 364 g/mol. The Bertz CT molecular complexity index is 705. The molecule has 2 aromatic rings. The summed E-state index contributed by atoms with van der Waals surface area (Å²) >= 11 is 11.9. The van der Waals surface area contributed by atoms with Gasteiger partial charge < -0.3 is 10.6 Å². The van der Waals surface area contributed by atoms with Gasteiger partial charge in [0.1, 0.15) is 5.82 Å². The standard InChI is InChI=1S/C14H13Cl2F3N4/c1-7(2)20-13-22-10(14(17,18)19)6-11(23-13)21-9-5-3-4-8(15)12(9)16/h3-7H,1-2H3,(H2,20,21,22,23). The van der Waals surface area contributed by atoms with Crippen LogP contribution in [-0.4, -0.2) is 16.0 Å². The molecule has 9 heteroatoms. The van der Waals surface area contributed by atoms with Crippen molar-refractivity contribution in [3.05, 3.63) is 40.0 Å². The average molecular weight is 365 g/mol. The van der Waals surface area contributed by atoms with Gasteiger partial charge in [-0.1, -0.05) is 29.3 Å². The van der Waals surface area contributed by atoms with E-state index in [9.17, 15) is 13.2 Å². The van der Waals surface area contributed by atoms with Crippen LogP contribution < -0.4 is 10.6 Å². The molecule has 0 saturated carbocycles. The van der Waals surface area contributed by atoms with E-state index in [1.165, 1.54) is 0 Å². The van der Waals surface area contributed by atoms with Crippen molar-refractivity contribution < 1.29 is 13.2 Å². The quantitative estimate of drug-likeness (QED) is 0.765. The average Bonchev–Trinajstić information content (AvgIpc) is 2.42. The highest BCUT2D eigenvalue weighted by atomic mass is 35.5. The van der Waals surface area contributed by atoms with Crippen molar-refractivity contribution in [2.24, 2.45) is 0 Å². The molecule has 1 aromatic heterocycles. The molecule has 0 saturated heterocycles. The Balaban J connectivity index is 2.42. The molecule has 23 heavy (non-hydrogen) atoms. The summed E-state index contributed by atoms with van der Waals surface area (Å²) in [4.78, 5) is 7.50. The minimum Gasteiger partial charge on any atom is -0.352 e. The van der Waals surface area contributed by atoms with E-state index < -0.39 is 11.9 Å². The normalized spacial score (nSPS) is 11.7. The molecule has 0 bridgehead atoms. The SMILES string of the molecule is CC(C)Nc1nc(Nc2cccc(Cl)c2Cl)cc(C(F)(F)F)n1. The van der Waals surface area contributed by atoms with E-state index in [4.69, 9.17) is 23.2 Å². The minimum absolute atomic E-state index is 0.0420. The van der Waals surface area contributed by atoms with Gasteiger partial charge in [0.15, 0.2) is 5.69 Å². The Kier molecular flexibility index (Phi) is 5.21. The van der Waals surface area contributed by atoms with Crippen LogP contribution in [0.25, 0.3) is 0 Å². The Morgan fingerprint density at radius 2 is 1.83 bits per heavy atom. The molecular weight excluding hydrogens is 352 g/mol. The zero-order valence-electron chi connectivity index (χ0n) is 12.2. The van der Waals surface area contributed by atoms with Gasteiger partial charge in [-0.15, -0.1) is 0 Å². The molecule has 0 aliphatic carbocycles. The first-order valence-corrected chi connectivity index (χ1v) is 7.36. The predicted octanol–water partition coefficient (Wildman–Crippen LogP) is 5.37. The van der Waals surface area contributed by atoms with Gasteiger partial charge in [0, 0.05) is 12.1 Å². The highest BCUT2D eigenvalue weighted by Crippen LogP contribution is 2.34. The zero-order chi connectivity index (χ0) is 17.2. The Morgan fingerprint density at radius 1 is 1.13 bits per heavy atom. The number of alkyl halides is 3. The number of aromatic nitrogens is 2. The summed E-state index contributed by atoms with van der Waals surface area (Å²) in [6.45, 7) is 3.54. The van der Waals surface area contributed by atoms with E-state index in [2.05, 4.69) is 20.6 Å². The van der Waals surface area contributed by atoms with E-state index in [0.29, 0.717) is 5.69 Å². The van der Waals surface area contributed by atoms with Crippen LogP contribution in [0.3, 0.4) is 0 Å². The van der Waals surface area contributed by atoms with Crippen molar-refractivity contribution in [3.63, 3.8) is 0 Å². The second-order valence-corrected chi connectivity index (χ2v) is 5.77. The van der Waals surface area contributed by atoms with Gasteiger partial charge in [-0.25, -0.2) is 4.98 Å². The van der Waals surface area contributed by atoms with Crippen molar-refractivity contribution in [3.8, 4) is 0 Å². The van der Waals surface area contributed by atoms with Crippen molar-refractivity contribution in [2.45, 2.75) is 26.1 Å². The molecule has 4 nitrogen and oxygen atoms in total. The maximum atomic E-state index is 13.0. The Hall–Kier alpha value is -1.73. The summed E-state index contributed by atoms with van der Waals surface area (Å²) in [5.74, 6) is -0.171. The molecule has 0 spiro atoms. The highest BCUT2D eigenvalue weighted by Gasteiger charge is 2.34. The van der Waals surface area contributed by atoms with Crippen molar-refractivity contribution in [1.29, 1.82) is 0 Å². The third-order valence-corrected chi connectivity index (χ3v) is 3.47. The van der Waals surface area contributed by atoms with E-state index in [1.807, 2.05) is 0 Å². The molecule has 2 rings (SSSR count). The second-order valence-electron chi connectivity index (χ2n) is 4.99. The zero-order valence-corrected chi connectivity index (χ0v) is 13.7. The summed E-state index contributed by atoms with van der Waals surface area (Å²) in [6, 6.07) is 5.46. The first-order chi connectivity index (χ1) is 10.7. The lowest BCUT2D eigenvalue weighted by Crippen LogP contribution is -2.17. The van der Waals surface area contributed by atoms with Crippen LogP contribution in [0, 0.1) is 0 Å². The number of rotatable bonds is 4. The molecule has 1 heterocycles. The summed E-state index contributed by atoms with van der Waals surface area (Å²) in [5, 5.41) is 5.95. The van der Waals surface area contributed by atoms with Crippen LogP contribution in [0.15, 0.2) is 24.3 Å². The molecule has 0 aliphatic heterocycles. The van der Waals surface area contributed by atoms with Crippen LogP contribution in [0.1, 0.15) is 19.5 Å². The molecule has 0 aliphatic rings. The van der Waals surface area contributed by atoms with Gasteiger partial charge in [0.2, 0.25) is 5.95 Å². The highest BCUT2D eigenvalue weighted by molar-refractivity contribution is 6.43. The fraction of sp³-hybridized carbons (Fsp3) is 0.286. The number of hydrogen-bond acceptors (Lipinski definition) is 4. The van der Waals surface area contributed by atoms with Gasteiger partial charge in [0.05, 0.1) is 15.7 Å². The molecule has 1 aromatic carbocycles. The van der Waals surface area contributed by atoms with E-state index >= 15 is 0 Å². The summed E-state index contributed by atoms with van der Waals surface area (Å²) in [5.41, 5.74) is -0.710. The molecule has 124 valence electrons. The lowest BCUT2D eigenvalue weighted by atomic mass is 10.3. The van der Waals surface area contributed by atoms with E-state index in [0.717, 1.165) is 6.07 Å². The molecule has 0 fully saturated rings. The number of nitrogens with zero attached hydrogens (tertiary/aromatic N) is 2. The minimum atomic E-state index is -4.59. The number of halogens is 5. The molecule has 0 amide bonds. The molecule has 0 unspecified atom stereocenters. The third kappa shape index (κ3) is 4.62. The lowest BCUT2D eigenvalue weighted by molar-refractivity contribution is -0.141. The number of anilines is 3. The van der Waals surface area contributed by atoms with Gasteiger partial charge in [-0.2, -0.15) is 18.2 Å². The molecule has 0 radical (unpaired) electrons. The van der Waals surface area contributed by atoms with Crippen LogP contribution in [0.2, 0.25) is 10.0 Å². The third-order valence-electron chi connectivity index (χ3n) is 2.65. The van der Waals surface area contributed by atoms with Crippen molar-refractivity contribution in [2.75, 3.05) is 10.6 Å². The smallest absolute Gasteiger partial charge is 0.352 e. The predicted molar refractivity (Wildman–Crippen MR) is 85.5 cm³/mol. The number of benzene rings is 1. The molecule has 2 N–H and O–H groups in total. The van der Waals surface area contributed by atoms with Crippen LogP contribution in [-0.2, 0) is 6.18 Å². The Labute approximate surface area is 141 Å². The van der Waals surface area contributed by atoms with Crippen LogP contribution in [0.4, 0.5) is 30.6 Å². The first kappa shape index (κ1) is 17.6. The summed E-state index contributed by atoms with van der Waals surface area (Å²) in [6.07, 6.45) is -4.59. The number of hydrogen-bond donors (Lipinski definition) is 2. The maximum Gasteiger partial charge on any atom is 0.433 e. The van der Waals surface area contributed by atoms with Gasteiger partial charge in [0.25, 0.3) is 0 Å². The van der Waals surface area contributed by atoms with Crippen LogP contribution in [0.5, 0.6) is 0 Å². The van der Waals surface area contributed by atoms with Gasteiger partial charge >= 0.3 is 6.18 Å². The summed E-state index contributed by atoms with van der Waals surface area (Å²) in [7, 11) is 0. The maximum absolute atomic E-state index is 13.0. The second kappa shape index (κ2) is 6.80. The molecule has 0 atom stereocenters. The van der Waals surface area contributed by atoms with Crippen LogP contribution >= 0.6 is 23.2 Å². The lowest BCUT2D eigenvalue weighted by Gasteiger charge is -2.15. The van der Waals surface area contributed by atoms with Crippen molar-refractivity contribution >= 4 is 40.7 Å². The van der Waals surface area contributed by atoms with E-state index in [-0.39, 0.29) is 27.9 Å². The topological polar surface area (TPSA) is 49.8 Å². The van der Waals surface area contributed by atoms with Crippen molar-refractivity contribution in [1.82, 2.24) is 9.97 Å². The fourth-order valence-corrected chi connectivity index (χ4v) is 2.07. The largest absolute Gasteiger partial charge is 0.433 e. The Morgan fingerprint density at radius 3 is 2.43 bits per heavy atom. The van der Waals surface area contributed by atoms with Gasteiger partial charge in [-0.3, -0.25) is 0 Å². The molecular formula is C14H13Cl2F3N4. The van der Waals surface area contributed by atoms with E-state index in [1.54, 1.807) is 32.0 Å².